The van der Waals surface area contributed by atoms with Crippen molar-refractivity contribution in [2.45, 2.75) is 32.0 Å². The van der Waals surface area contributed by atoms with Crippen molar-refractivity contribution in [2.24, 2.45) is 0 Å². The Morgan fingerprint density at radius 1 is 0.971 bits per heavy atom. The number of aryl methyl sites for hydroxylation is 1. The van der Waals surface area contributed by atoms with Crippen LogP contribution in [-0.2, 0) is 33.8 Å². The van der Waals surface area contributed by atoms with Gasteiger partial charge in [0.2, 0.25) is 11.8 Å². The summed E-state index contributed by atoms with van der Waals surface area (Å²) >= 11 is 0. The third kappa shape index (κ3) is 7.45. The van der Waals surface area contributed by atoms with E-state index in [-0.39, 0.29) is 43.3 Å². The van der Waals surface area contributed by atoms with Crippen molar-refractivity contribution in [3.63, 3.8) is 0 Å². The number of nitrogens with zero attached hydrogens (tertiary/aromatic N) is 3. The highest BCUT2D eigenvalue weighted by atomic mass is 19.1. The first-order valence-electron chi connectivity index (χ1n) is 11.9. The smallest absolute Gasteiger partial charge is 0.242 e. The predicted molar refractivity (Wildman–Crippen MR) is 131 cm³/mol. The van der Waals surface area contributed by atoms with E-state index in [1.54, 1.807) is 28.1 Å². The molecule has 6 nitrogen and oxygen atoms in total. The molecule has 35 heavy (non-hydrogen) atoms. The zero-order valence-electron chi connectivity index (χ0n) is 19.7. The standard InChI is InChI=1S/C28H30FN3O3/c29-24-10-6-9-23(17-24)21-35-26-18-31(16-14-22-7-2-1-3-8-22)28(34)20-32(19-26)27(33)13-12-25-11-4-5-15-30-25/h1-11,15,17,26H,12-14,16,18-21H2/t26-/m1/s1. The van der Waals surface area contributed by atoms with Gasteiger partial charge in [-0.25, -0.2) is 4.39 Å². The molecule has 1 atom stereocenters. The number of amides is 2. The summed E-state index contributed by atoms with van der Waals surface area (Å²) in [5.74, 6) is -0.518. The molecule has 3 aromatic rings. The maximum absolute atomic E-state index is 13.6. The van der Waals surface area contributed by atoms with Crippen LogP contribution in [0.25, 0.3) is 0 Å². The highest BCUT2D eigenvalue weighted by molar-refractivity contribution is 5.85. The van der Waals surface area contributed by atoms with Gasteiger partial charge in [0.25, 0.3) is 0 Å². The van der Waals surface area contributed by atoms with Crippen LogP contribution in [0, 0.1) is 5.82 Å². The number of benzene rings is 2. The topological polar surface area (TPSA) is 62.7 Å². The van der Waals surface area contributed by atoms with Crippen LogP contribution < -0.4 is 0 Å². The van der Waals surface area contributed by atoms with Gasteiger partial charge in [0.05, 0.1) is 19.3 Å². The fourth-order valence-corrected chi connectivity index (χ4v) is 4.18. The van der Waals surface area contributed by atoms with Gasteiger partial charge in [-0.1, -0.05) is 48.5 Å². The number of rotatable bonds is 9. The number of ether oxygens (including phenoxy) is 1. The largest absolute Gasteiger partial charge is 0.370 e. The van der Waals surface area contributed by atoms with E-state index < -0.39 is 0 Å². The third-order valence-electron chi connectivity index (χ3n) is 6.09. The molecule has 2 heterocycles. The molecule has 0 radical (unpaired) electrons. The number of carbonyl (C=O) groups is 2. The summed E-state index contributed by atoms with van der Waals surface area (Å²) in [5, 5.41) is 0. The van der Waals surface area contributed by atoms with E-state index >= 15 is 0 Å². The van der Waals surface area contributed by atoms with Crippen molar-refractivity contribution in [3.05, 3.63) is 102 Å². The van der Waals surface area contributed by atoms with E-state index in [2.05, 4.69) is 4.98 Å². The lowest BCUT2D eigenvalue weighted by molar-refractivity contribution is -0.138. The molecule has 0 saturated carbocycles. The van der Waals surface area contributed by atoms with Crippen LogP contribution in [0.1, 0.15) is 23.2 Å². The molecule has 2 aromatic carbocycles. The van der Waals surface area contributed by atoms with E-state index in [1.165, 1.54) is 12.1 Å². The first kappa shape index (κ1) is 24.5. The van der Waals surface area contributed by atoms with E-state index in [9.17, 15) is 14.0 Å². The Morgan fingerprint density at radius 3 is 2.54 bits per heavy atom. The lowest BCUT2D eigenvalue weighted by atomic mass is 10.1. The summed E-state index contributed by atoms with van der Waals surface area (Å²) < 4.78 is 19.7. The Kier molecular flexibility index (Phi) is 8.57. The number of hydrogen-bond donors (Lipinski definition) is 0. The van der Waals surface area contributed by atoms with Crippen molar-refractivity contribution < 1.29 is 18.7 Å². The van der Waals surface area contributed by atoms with Crippen LogP contribution in [0.4, 0.5) is 4.39 Å². The molecule has 7 heteroatoms. The van der Waals surface area contributed by atoms with Crippen LogP contribution in [0.5, 0.6) is 0 Å². The summed E-state index contributed by atoms with van der Waals surface area (Å²) in [6.45, 7) is 1.46. The van der Waals surface area contributed by atoms with Gasteiger partial charge in [-0.3, -0.25) is 14.6 Å². The Bertz CT molecular complexity index is 1110. The first-order valence-corrected chi connectivity index (χ1v) is 11.9. The predicted octanol–water partition coefficient (Wildman–Crippen LogP) is 3.65. The van der Waals surface area contributed by atoms with Crippen LogP contribution in [0.3, 0.4) is 0 Å². The summed E-state index contributed by atoms with van der Waals surface area (Å²) in [7, 11) is 0. The minimum atomic E-state index is -0.376. The molecule has 1 saturated heterocycles. The van der Waals surface area contributed by atoms with Gasteiger partial charge in [-0.15, -0.1) is 0 Å². The van der Waals surface area contributed by atoms with E-state index in [1.807, 2.05) is 48.5 Å². The second-order valence-corrected chi connectivity index (χ2v) is 8.73. The highest BCUT2D eigenvalue weighted by Gasteiger charge is 2.30. The molecule has 0 spiro atoms. The molecule has 0 aliphatic carbocycles. The molecule has 0 unspecified atom stereocenters. The Labute approximate surface area is 205 Å². The van der Waals surface area contributed by atoms with E-state index in [4.69, 9.17) is 4.74 Å². The minimum Gasteiger partial charge on any atom is -0.370 e. The Balaban J connectivity index is 1.43. The SMILES string of the molecule is O=C1CN(C(=O)CCc2ccccn2)C[C@H](OCc2cccc(F)c2)CN1CCc1ccccc1. The molecule has 0 N–H and O–H groups in total. The highest BCUT2D eigenvalue weighted by Crippen LogP contribution is 2.15. The summed E-state index contributed by atoms with van der Waals surface area (Å²) in [5.41, 5.74) is 2.69. The zero-order chi connectivity index (χ0) is 24.5. The molecule has 2 amide bonds. The molecule has 1 fully saturated rings. The number of halogens is 1. The number of hydrogen-bond acceptors (Lipinski definition) is 4. The van der Waals surface area contributed by atoms with Crippen molar-refractivity contribution in [1.82, 2.24) is 14.8 Å². The van der Waals surface area contributed by atoms with Gasteiger partial charge in [-0.05, 0) is 48.2 Å². The Morgan fingerprint density at radius 2 is 1.77 bits per heavy atom. The van der Waals surface area contributed by atoms with Crippen LogP contribution >= 0.6 is 0 Å². The average Bonchev–Trinajstić information content (AvgIpc) is 3.04. The fourth-order valence-electron chi connectivity index (χ4n) is 4.18. The Hall–Kier alpha value is -3.58. The number of aromatic nitrogens is 1. The summed E-state index contributed by atoms with van der Waals surface area (Å²) in [6.07, 6.45) is 2.83. The average molecular weight is 476 g/mol. The van der Waals surface area contributed by atoms with Gasteiger partial charge >= 0.3 is 0 Å². The fraction of sp³-hybridized carbons (Fsp3) is 0.321. The van der Waals surface area contributed by atoms with Crippen LogP contribution in [-0.4, -0.2) is 58.9 Å². The summed E-state index contributed by atoms with van der Waals surface area (Å²) in [4.78, 5) is 33.8. The van der Waals surface area contributed by atoms with Crippen LogP contribution in [0.15, 0.2) is 79.0 Å². The molecule has 1 aromatic heterocycles. The lowest BCUT2D eigenvalue weighted by Gasteiger charge is -2.25. The number of pyridine rings is 1. The number of carbonyl (C=O) groups excluding carboxylic acids is 2. The van der Waals surface area contributed by atoms with E-state index in [0.717, 1.165) is 17.7 Å². The van der Waals surface area contributed by atoms with Crippen molar-refractivity contribution in [1.29, 1.82) is 0 Å². The normalized spacial score (nSPS) is 16.3. The van der Waals surface area contributed by atoms with Gasteiger partial charge in [0.15, 0.2) is 0 Å². The maximum Gasteiger partial charge on any atom is 0.242 e. The molecular weight excluding hydrogens is 445 g/mol. The first-order chi connectivity index (χ1) is 17.1. The zero-order valence-corrected chi connectivity index (χ0v) is 19.7. The van der Waals surface area contributed by atoms with Crippen LogP contribution in [0.2, 0.25) is 0 Å². The molecule has 1 aliphatic rings. The second kappa shape index (κ2) is 12.2. The monoisotopic (exact) mass is 475 g/mol. The molecule has 0 bridgehead atoms. The molecule has 182 valence electrons. The van der Waals surface area contributed by atoms with Gasteiger partial charge in [-0.2, -0.15) is 0 Å². The quantitative estimate of drug-likeness (QED) is 0.474. The summed E-state index contributed by atoms with van der Waals surface area (Å²) in [6, 6.07) is 21.9. The molecule has 4 rings (SSSR count). The lowest BCUT2D eigenvalue weighted by Crippen LogP contribution is -2.40. The van der Waals surface area contributed by atoms with Crippen molar-refractivity contribution in [2.75, 3.05) is 26.2 Å². The third-order valence-corrected chi connectivity index (χ3v) is 6.09. The van der Waals surface area contributed by atoms with E-state index in [0.29, 0.717) is 31.6 Å². The van der Waals surface area contributed by atoms with Crippen molar-refractivity contribution >= 4 is 11.8 Å². The van der Waals surface area contributed by atoms with Gasteiger partial charge in [0, 0.05) is 37.9 Å². The van der Waals surface area contributed by atoms with Crippen molar-refractivity contribution in [3.8, 4) is 0 Å². The maximum atomic E-state index is 13.6. The minimum absolute atomic E-state index is 0.0235. The van der Waals surface area contributed by atoms with Gasteiger partial charge in [0.1, 0.15) is 5.82 Å². The molecular formula is C28H30FN3O3. The van der Waals surface area contributed by atoms with Gasteiger partial charge < -0.3 is 14.5 Å². The second-order valence-electron chi connectivity index (χ2n) is 8.73. The molecule has 1 aliphatic heterocycles.